The molecule has 0 unspecified atom stereocenters. The molecule has 1 N–H and O–H groups in total. The van der Waals surface area contributed by atoms with Crippen LogP contribution in [-0.4, -0.2) is 21.7 Å². The Morgan fingerprint density at radius 3 is 2.62 bits per heavy atom. The second kappa shape index (κ2) is 6.38. The Balaban J connectivity index is 1.99. The number of halogens is 1. The number of rotatable bonds is 3. The van der Waals surface area contributed by atoms with Gasteiger partial charge in [0, 0.05) is 28.3 Å². The molecule has 124 valence electrons. The van der Waals surface area contributed by atoms with E-state index in [1.165, 1.54) is 5.56 Å². The van der Waals surface area contributed by atoms with Crippen LogP contribution in [0.15, 0.2) is 53.6 Å². The number of nitrogens with zero attached hydrogens (tertiary/aromatic N) is 2. The molecule has 1 amide bonds. The molecule has 5 heteroatoms. The minimum atomic E-state index is -1.48. The van der Waals surface area contributed by atoms with Crippen molar-refractivity contribution < 1.29 is 9.90 Å². The Labute approximate surface area is 146 Å². The Morgan fingerprint density at radius 1 is 1.29 bits per heavy atom. The average Bonchev–Trinajstić information content (AvgIpc) is 2.90. The Morgan fingerprint density at radius 2 is 2.00 bits per heavy atom. The van der Waals surface area contributed by atoms with Crippen molar-refractivity contribution in [1.29, 1.82) is 0 Å². The first kappa shape index (κ1) is 16.7. The zero-order valence-electron chi connectivity index (χ0n) is 13.7. The number of benzene rings is 2. The molecule has 0 spiro atoms. The predicted molar refractivity (Wildman–Crippen MR) is 95.1 cm³/mol. The van der Waals surface area contributed by atoms with Gasteiger partial charge in [0.25, 0.3) is 5.91 Å². The van der Waals surface area contributed by atoms with Gasteiger partial charge >= 0.3 is 0 Å². The maximum atomic E-state index is 12.9. The van der Waals surface area contributed by atoms with Crippen LogP contribution in [0.5, 0.6) is 0 Å². The van der Waals surface area contributed by atoms with Crippen molar-refractivity contribution in [2.75, 3.05) is 0 Å². The number of hydrogen-bond acceptors (Lipinski definition) is 3. The van der Waals surface area contributed by atoms with Gasteiger partial charge < -0.3 is 5.11 Å². The molecule has 1 aliphatic heterocycles. The molecule has 0 aromatic heterocycles. The van der Waals surface area contributed by atoms with Gasteiger partial charge in [0.15, 0.2) is 5.72 Å². The molecule has 1 aliphatic rings. The summed E-state index contributed by atoms with van der Waals surface area (Å²) in [7, 11) is 0. The van der Waals surface area contributed by atoms with E-state index < -0.39 is 5.72 Å². The van der Waals surface area contributed by atoms with Gasteiger partial charge in [-0.2, -0.15) is 10.1 Å². The van der Waals surface area contributed by atoms with E-state index in [9.17, 15) is 9.90 Å². The third kappa shape index (κ3) is 2.95. The van der Waals surface area contributed by atoms with Crippen LogP contribution in [0.25, 0.3) is 0 Å². The van der Waals surface area contributed by atoms with Crippen LogP contribution in [0.1, 0.15) is 41.8 Å². The standard InChI is InChI=1S/C19H19ClN2O2/c1-3-14-7-9-16(10-8-14)19(24)12-13(2)21-22(19)18(23)15-5-4-6-17(20)11-15/h4-11,24H,3,12H2,1-2H3/t19-/m1/s1. The highest BCUT2D eigenvalue weighted by molar-refractivity contribution is 6.31. The molecule has 0 radical (unpaired) electrons. The van der Waals surface area contributed by atoms with E-state index in [4.69, 9.17) is 11.6 Å². The minimum Gasteiger partial charge on any atom is -0.365 e. The summed E-state index contributed by atoms with van der Waals surface area (Å²) in [6.45, 7) is 3.87. The molecule has 1 heterocycles. The summed E-state index contributed by atoms with van der Waals surface area (Å²) in [6.07, 6.45) is 1.20. The lowest BCUT2D eigenvalue weighted by Crippen LogP contribution is -2.43. The van der Waals surface area contributed by atoms with Crippen molar-refractivity contribution in [3.05, 3.63) is 70.2 Å². The molecule has 4 nitrogen and oxygen atoms in total. The van der Waals surface area contributed by atoms with Crippen LogP contribution in [0.3, 0.4) is 0 Å². The van der Waals surface area contributed by atoms with E-state index >= 15 is 0 Å². The molecule has 0 aliphatic carbocycles. The minimum absolute atomic E-state index is 0.283. The lowest BCUT2D eigenvalue weighted by atomic mass is 9.96. The van der Waals surface area contributed by atoms with Crippen LogP contribution in [-0.2, 0) is 12.1 Å². The highest BCUT2D eigenvalue weighted by atomic mass is 35.5. The number of hydrogen-bond donors (Lipinski definition) is 1. The Bertz CT molecular complexity index is 801. The van der Waals surface area contributed by atoms with Gasteiger partial charge in [-0.15, -0.1) is 0 Å². The van der Waals surface area contributed by atoms with Crippen molar-refractivity contribution in [3.63, 3.8) is 0 Å². The fraction of sp³-hybridized carbons (Fsp3) is 0.263. The second-order valence-corrected chi connectivity index (χ2v) is 6.44. The Kier molecular flexibility index (Phi) is 4.43. The van der Waals surface area contributed by atoms with Gasteiger partial charge in [0.2, 0.25) is 0 Å². The van der Waals surface area contributed by atoms with Crippen molar-refractivity contribution in [1.82, 2.24) is 5.01 Å². The summed E-state index contributed by atoms with van der Waals surface area (Å²) in [6, 6.07) is 14.3. The van der Waals surface area contributed by atoms with Crippen LogP contribution < -0.4 is 0 Å². The van der Waals surface area contributed by atoms with Gasteiger partial charge in [0.1, 0.15) is 0 Å². The van der Waals surface area contributed by atoms with E-state index in [1.807, 2.05) is 24.3 Å². The fourth-order valence-electron chi connectivity index (χ4n) is 2.91. The van der Waals surface area contributed by atoms with Gasteiger partial charge in [0.05, 0.1) is 0 Å². The van der Waals surface area contributed by atoms with E-state index in [0.29, 0.717) is 21.9 Å². The maximum absolute atomic E-state index is 12.9. The molecule has 0 bridgehead atoms. The number of carbonyl (C=O) groups is 1. The van der Waals surface area contributed by atoms with Crippen LogP contribution in [0, 0.1) is 0 Å². The topological polar surface area (TPSA) is 52.9 Å². The summed E-state index contributed by atoms with van der Waals surface area (Å²) in [5.41, 5.74) is 1.44. The monoisotopic (exact) mass is 342 g/mol. The fourth-order valence-corrected chi connectivity index (χ4v) is 3.10. The first-order valence-electron chi connectivity index (χ1n) is 7.90. The number of aliphatic hydroxyl groups is 1. The normalized spacial score (nSPS) is 20.2. The van der Waals surface area contributed by atoms with E-state index in [0.717, 1.165) is 11.4 Å². The van der Waals surface area contributed by atoms with Gasteiger partial charge in [-0.25, -0.2) is 0 Å². The third-order valence-corrected chi connectivity index (χ3v) is 4.45. The number of amides is 1. The van der Waals surface area contributed by atoms with Crippen molar-refractivity contribution in [2.45, 2.75) is 32.4 Å². The largest absolute Gasteiger partial charge is 0.365 e. The van der Waals surface area contributed by atoms with Crippen LogP contribution in [0.4, 0.5) is 0 Å². The van der Waals surface area contributed by atoms with Gasteiger partial charge in [-0.05, 0) is 37.1 Å². The summed E-state index contributed by atoms with van der Waals surface area (Å²) >= 11 is 5.98. The highest BCUT2D eigenvalue weighted by Gasteiger charge is 2.45. The summed E-state index contributed by atoms with van der Waals surface area (Å²) in [5.74, 6) is -0.378. The lowest BCUT2D eigenvalue weighted by Gasteiger charge is -2.31. The average molecular weight is 343 g/mol. The Hall–Kier alpha value is -2.17. The molecular formula is C19H19ClN2O2. The first-order valence-corrected chi connectivity index (χ1v) is 8.28. The molecule has 3 rings (SSSR count). The van der Waals surface area contributed by atoms with Crippen LogP contribution in [0.2, 0.25) is 5.02 Å². The van der Waals surface area contributed by atoms with Crippen molar-refractivity contribution >= 4 is 23.2 Å². The summed E-state index contributed by atoms with van der Waals surface area (Å²) < 4.78 is 0. The molecule has 2 aromatic rings. The van der Waals surface area contributed by atoms with E-state index in [-0.39, 0.29) is 12.3 Å². The zero-order valence-corrected chi connectivity index (χ0v) is 14.4. The van der Waals surface area contributed by atoms with Crippen molar-refractivity contribution in [3.8, 4) is 0 Å². The lowest BCUT2D eigenvalue weighted by molar-refractivity contribution is -0.0765. The quantitative estimate of drug-likeness (QED) is 0.917. The molecule has 0 saturated carbocycles. The third-order valence-electron chi connectivity index (χ3n) is 4.21. The number of carbonyl (C=O) groups excluding carboxylic acids is 1. The number of aryl methyl sites for hydroxylation is 1. The second-order valence-electron chi connectivity index (χ2n) is 6.01. The van der Waals surface area contributed by atoms with Gasteiger partial charge in [-0.1, -0.05) is 48.9 Å². The zero-order chi connectivity index (χ0) is 17.3. The van der Waals surface area contributed by atoms with Crippen molar-refractivity contribution in [2.24, 2.45) is 5.10 Å². The molecule has 24 heavy (non-hydrogen) atoms. The van der Waals surface area contributed by atoms with Gasteiger partial charge in [-0.3, -0.25) is 4.79 Å². The smallest absolute Gasteiger partial charge is 0.276 e. The molecule has 0 saturated heterocycles. The highest BCUT2D eigenvalue weighted by Crippen LogP contribution is 2.36. The SMILES string of the molecule is CCc1ccc([C@]2(O)CC(C)=NN2C(=O)c2cccc(Cl)c2)cc1. The number of hydrazone groups is 1. The predicted octanol–water partition coefficient (Wildman–Crippen LogP) is 3.97. The molecular weight excluding hydrogens is 324 g/mol. The van der Waals surface area contributed by atoms with E-state index in [2.05, 4.69) is 12.0 Å². The maximum Gasteiger partial charge on any atom is 0.276 e. The van der Waals surface area contributed by atoms with E-state index in [1.54, 1.807) is 31.2 Å². The molecule has 2 aromatic carbocycles. The molecule has 1 atom stereocenters. The summed E-state index contributed by atoms with van der Waals surface area (Å²) in [4.78, 5) is 12.9. The first-order chi connectivity index (χ1) is 11.4. The summed E-state index contributed by atoms with van der Waals surface area (Å²) in [5, 5.41) is 17.1. The van der Waals surface area contributed by atoms with Crippen LogP contribution >= 0.6 is 11.6 Å². The molecule has 0 fully saturated rings.